The molecule has 1 N–H and O–H groups in total. The van der Waals surface area contributed by atoms with Gasteiger partial charge >= 0.3 is 5.97 Å². The van der Waals surface area contributed by atoms with Crippen LogP contribution in [0.5, 0.6) is 0 Å². The van der Waals surface area contributed by atoms with E-state index < -0.39 is 0 Å². The highest BCUT2D eigenvalue weighted by Crippen LogP contribution is 2.69. The molecule has 0 aliphatic heterocycles. The number of fused-ring (bicyclic) bond motifs is 10. The number of allylic oxidation sites excluding steroid dienone is 2. The Bertz CT molecular complexity index is 1510. The normalized spacial score (nSPS) is 44.6. The van der Waals surface area contributed by atoms with Crippen LogP contribution in [0.2, 0.25) is 0 Å². The Balaban J connectivity index is 0.000000180. The van der Waals surface area contributed by atoms with Gasteiger partial charge in [0.2, 0.25) is 0 Å². The molecule has 0 radical (unpaired) electrons. The van der Waals surface area contributed by atoms with Crippen LogP contribution in [-0.2, 0) is 9.53 Å². The molecule has 3 nitrogen and oxygen atoms in total. The fourth-order valence-corrected chi connectivity index (χ4v) is 17.7. The van der Waals surface area contributed by atoms with Gasteiger partial charge in [-0.2, -0.15) is 0 Å². The summed E-state index contributed by atoms with van der Waals surface area (Å²) in [6.07, 6.45) is 34.4. The summed E-state index contributed by atoms with van der Waals surface area (Å²) in [7, 11) is 0. The van der Waals surface area contributed by atoms with E-state index in [1.807, 2.05) is 0 Å². The van der Waals surface area contributed by atoms with Crippen molar-refractivity contribution in [3.8, 4) is 0 Å². The summed E-state index contributed by atoms with van der Waals surface area (Å²) in [6.45, 7) is 26.7. The molecule has 0 aromatic heterocycles. The van der Waals surface area contributed by atoms with Gasteiger partial charge in [0.15, 0.2) is 0 Å². The molecule has 8 rings (SSSR count). The van der Waals surface area contributed by atoms with Crippen molar-refractivity contribution in [2.24, 2.45) is 92.7 Å². The molecule has 336 valence electrons. The maximum Gasteiger partial charge on any atom is 0.302 e. The number of aliphatic hydroxyl groups excluding tert-OH is 1. The monoisotopic (exact) mass is 815 g/mol. The lowest BCUT2D eigenvalue weighted by Crippen LogP contribution is -2.51. The topological polar surface area (TPSA) is 46.5 Å². The second kappa shape index (κ2) is 18.2. The van der Waals surface area contributed by atoms with E-state index in [0.717, 1.165) is 96.7 Å². The summed E-state index contributed by atoms with van der Waals surface area (Å²) >= 11 is 0. The van der Waals surface area contributed by atoms with Crippen molar-refractivity contribution in [1.82, 2.24) is 0 Å². The fraction of sp³-hybridized carbons (Fsp3) is 0.911. The molecule has 0 aromatic carbocycles. The Morgan fingerprint density at radius 3 is 1.53 bits per heavy atom. The summed E-state index contributed by atoms with van der Waals surface area (Å²) < 4.78 is 5.61. The van der Waals surface area contributed by atoms with Crippen LogP contribution in [0.15, 0.2) is 23.3 Å². The average molecular weight is 815 g/mol. The van der Waals surface area contributed by atoms with E-state index in [0.29, 0.717) is 21.7 Å². The first-order valence-electron chi connectivity index (χ1n) is 26.1. The van der Waals surface area contributed by atoms with Crippen molar-refractivity contribution in [2.75, 3.05) is 0 Å². The van der Waals surface area contributed by atoms with Gasteiger partial charge in [-0.15, -0.1) is 0 Å². The third kappa shape index (κ3) is 8.89. The number of carbonyl (C=O) groups excluding carboxylic acids is 1. The van der Waals surface area contributed by atoms with E-state index >= 15 is 0 Å². The molecule has 8 aliphatic carbocycles. The smallest absolute Gasteiger partial charge is 0.302 e. The number of carbonyl (C=O) groups is 1. The zero-order chi connectivity index (χ0) is 42.5. The molecule has 3 heteroatoms. The Kier molecular flexibility index (Phi) is 14.2. The maximum atomic E-state index is 11.5. The molecule has 0 saturated heterocycles. The molecule has 8 aliphatic rings. The Morgan fingerprint density at radius 1 is 0.610 bits per heavy atom. The van der Waals surface area contributed by atoms with Crippen LogP contribution in [0.3, 0.4) is 0 Å². The predicted molar refractivity (Wildman–Crippen MR) is 248 cm³/mol. The van der Waals surface area contributed by atoms with Crippen molar-refractivity contribution < 1.29 is 14.6 Å². The quantitative estimate of drug-likeness (QED) is 0.167. The fourth-order valence-electron chi connectivity index (χ4n) is 17.7. The van der Waals surface area contributed by atoms with E-state index in [1.165, 1.54) is 116 Å². The first kappa shape index (κ1) is 45.9. The number of ether oxygens (including phenoxy) is 1. The lowest BCUT2D eigenvalue weighted by molar-refractivity contribution is -0.148. The number of hydrogen-bond acceptors (Lipinski definition) is 3. The number of rotatable bonds is 11. The van der Waals surface area contributed by atoms with Crippen LogP contribution < -0.4 is 0 Å². The van der Waals surface area contributed by atoms with Crippen LogP contribution in [0.4, 0.5) is 0 Å². The van der Waals surface area contributed by atoms with Gasteiger partial charge < -0.3 is 9.84 Å². The van der Waals surface area contributed by atoms with Gasteiger partial charge in [-0.3, -0.25) is 4.79 Å². The molecule has 0 heterocycles. The lowest BCUT2D eigenvalue weighted by Gasteiger charge is -2.58. The highest BCUT2D eigenvalue weighted by Gasteiger charge is 2.61. The van der Waals surface area contributed by atoms with Crippen LogP contribution in [0.1, 0.15) is 217 Å². The summed E-state index contributed by atoms with van der Waals surface area (Å²) in [5, 5.41) is 10.2. The summed E-state index contributed by atoms with van der Waals surface area (Å²) in [5.74, 6) is 10.6. The van der Waals surface area contributed by atoms with Crippen molar-refractivity contribution in [2.45, 2.75) is 230 Å². The zero-order valence-corrected chi connectivity index (χ0v) is 40.6. The molecule has 59 heavy (non-hydrogen) atoms. The highest BCUT2D eigenvalue weighted by molar-refractivity contribution is 5.66. The molecule has 6 fully saturated rings. The molecule has 0 unspecified atom stereocenters. The molecule has 16 atom stereocenters. The lowest BCUT2D eigenvalue weighted by atomic mass is 9.47. The van der Waals surface area contributed by atoms with Crippen LogP contribution >= 0.6 is 0 Å². The first-order valence-corrected chi connectivity index (χ1v) is 26.1. The third-order valence-electron chi connectivity index (χ3n) is 20.9. The summed E-state index contributed by atoms with van der Waals surface area (Å²) in [5.41, 5.74) is 5.13. The van der Waals surface area contributed by atoms with E-state index in [-0.39, 0.29) is 18.2 Å². The van der Waals surface area contributed by atoms with Gasteiger partial charge in [0.05, 0.1) is 6.10 Å². The Morgan fingerprint density at radius 2 is 1.07 bits per heavy atom. The van der Waals surface area contributed by atoms with Crippen molar-refractivity contribution in [3.63, 3.8) is 0 Å². The second-order valence-electron chi connectivity index (χ2n) is 25.0. The number of esters is 1. The first-order chi connectivity index (χ1) is 27.9. The maximum absolute atomic E-state index is 11.5. The van der Waals surface area contributed by atoms with Crippen LogP contribution in [0, 0.1) is 92.7 Å². The van der Waals surface area contributed by atoms with Crippen molar-refractivity contribution in [1.29, 1.82) is 0 Å². The number of aliphatic hydroxyl groups is 1. The molecule has 0 amide bonds. The molecule has 0 spiro atoms. The van der Waals surface area contributed by atoms with Gasteiger partial charge in [0, 0.05) is 13.3 Å². The van der Waals surface area contributed by atoms with Gasteiger partial charge in [0.25, 0.3) is 0 Å². The van der Waals surface area contributed by atoms with Gasteiger partial charge in [-0.25, -0.2) is 0 Å². The molecule has 6 saturated carbocycles. The van der Waals surface area contributed by atoms with Gasteiger partial charge in [-0.05, 0) is 189 Å². The average Bonchev–Trinajstić information content (AvgIpc) is 3.72. The third-order valence-corrected chi connectivity index (χ3v) is 20.9. The summed E-state index contributed by atoms with van der Waals surface area (Å²) in [4.78, 5) is 11.5. The Hall–Kier alpha value is -1.09. The SMILES string of the molecule is CC(=O)O[C@H]1CC[C@@]2(C)C(=CC[C@H]3[C@@H]4CC[C@H]([C@H](C)CCCC(C)C)[C@@]4(C)CC[C@@H]32)C1.CC(C)CCC[C@@H](C)[C@H]1CC[C@H]2[C@@H]3CC=C4C[C@@H](O)CC[C@]4(C)[C@H]3CC[C@]12C. The highest BCUT2D eigenvalue weighted by atomic mass is 16.5. The molecule has 0 aromatic rings. The molecular formula is C56H94O3. The van der Waals surface area contributed by atoms with E-state index in [9.17, 15) is 9.90 Å². The van der Waals surface area contributed by atoms with Crippen LogP contribution in [0.25, 0.3) is 0 Å². The minimum absolute atomic E-state index is 0.0766. The van der Waals surface area contributed by atoms with Crippen LogP contribution in [-0.4, -0.2) is 23.3 Å². The zero-order valence-electron chi connectivity index (χ0n) is 40.6. The molecular weight excluding hydrogens is 721 g/mol. The predicted octanol–water partition coefficient (Wildman–Crippen LogP) is 15.3. The minimum Gasteiger partial charge on any atom is -0.462 e. The van der Waals surface area contributed by atoms with E-state index in [4.69, 9.17) is 4.74 Å². The minimum atomic E-state index is -0.115. The van der Waals surface area contributed by atoms with Crippen molar-refractivity contribution >= 4 is 5.97 Å². The second-order valence-corrected chi connectivity index (χ2v) is 25.0. The van der Waals surface area contributed by atoms with Gasteiger partial charge in [0.1, 0.15) is 6.10 Å². The largest absolute Gasteiger partial charge is 0.462 e. The van der Waals surface area contributed by atoms with Crippen molar-refractivity contribution in [3.05, 3.63) is 23.3 Å². The van der Waals surface area contributed by atoms with E-state index in [2.05, 4.69) is 81.4 Å². The summed E-state index contributed by atoms with van der Waals surface area (Å²) in [6, 6.07) is 0. The number of hydrogen-bond donors (Lipinski definition) is 1. The van der Waals surface area contributed by atoms with E-state index in [1.54, 1.807) is 18.1 Å². The van der Waals surface area contributed by atoms with Gasteiger partial charge in [-0.1, -0.05) is 131 Å². The standard InChI is InChI=1S/C29H48O2.C27H46O/c1-19(2)8-7-9-20(3)25-12-13-26-24-11-10-22-18-23(31-21(4)30)14-16-28(22,5)27(24)15-17-29(25,26)6;1-18(2)7-6-8-19(3)23-11-12-24-22-10-9-20-17-21(28)13-15-26(20,4)25(22)14-16-27(23,24)5/h10,19-20,23-27H,7-9,11-18H2,1-6H3;9,18-19,21-25,28H,6-8,10-17H2,1-5H3/t20-,23+,24+,25-,26+,27+,28+,29-;19-,21+,22+,23-,24+,25+,26+,27-/m11/s1. The Labute approximate surface area is 364 Å². The molecule has 0 bridgehead atoms.